The highest BCUT2D eigenvalue weighted by Gasteiger charge is 2.40. The second-order valence-corrected chi connectivity index (χ2v) is 7.89. The van der Waals surface area contributed by atoms with Gasteiger partial charge in [-0.2, -0.15) is 11.8 Å². The lowest BCUT2D eigenvalue weighted by atomic mass is 9.99. The van der Waals surface area contributed by atoms with E-state index in [1.54, 1.807) is 11.0 Å². The van der Waals surface area contributed by atoms with Crippen LogP contribution >= 0.6 is 11.8 Å². The van der Waals surface area contributed by atoms with E-state index < -0.39 is 12.1 Å². The molecule has 2 atom stereocenters. The Labute approximate surface area is 167 Å². The maximum Gasteiger partial charge on any atom is 0.247 e. The fourth-order valence-electron chi connectivity index (χ4n) is 3.31. The number of piperazine rings is 1. The third kappa shape index (κ3) is 4.11. The molecule has 1 saturated heterocycles. The van der Waals surface area contributed by atoms with Gasteiger partial charge in [-0.05, 0) is 49.4 Å². The molecule has 1 aliphatic heterocycles. The van der Waals surface area contributed by atoms with Gasteiger partial charge >= 0.3 is 0 Å². The van der Waals surface area contributed by atoms with Crippen molar-refractivity contribution in [1.29, 1.82) is 0 Å². The summed E-state index contributed by atoms with van der Waals surface area (Å²) >= 11 is 1.49. The Bertz CT molecular complexity index is 875. The van der Waals surface area contributed by atoms with Crippen LogP contribution in [-0.2, 0) is 22.6 Å². The molecule has 2 heterocycles. The molecule has 0 saturated carbocycles. The first-order chi connectivity index (χ1) is 13.3. The molecule has 2 amide bonds. The maximum absolute atomic E-state index is 13.0. The van der Waals surface area contributed by atoms with Gasteiger partial charge in [0.1, 0.15) is 23.6 Å². The molecule has 0 radical (unpaired) electrons. The zero-order valence-electron chi connectivity index (χ0n) is 16.1. The number of furan rings is 1. The number of aromatic hydroxyl groups is 2. The summed E-state index contributed by atoms with van der Waals surface area (Å²) in [6, 6.07) is 4.96. The number of hydrogen-bond donors (Lipinski definition) is 3. The van der Waals surface area contributed by atoms with Crippen LogP contribution in [0.5, 0.6) is 11.5 Å². The van der Waals surface area contributed by atoms with E-state index in [2.05, 4.69) is 5.32 Å². The Hall–Kier alpha value is -2.61. The number of carbonyl (C=O) groups is 2. The second-order valence-electron chi connectivity index (χ2n) is 6.98. The Morgan fingerprint density at radius 1 is 1.18 bits per heavy atom. The lowest BCUT2D eigenvalue weighted by molar-refractivity contribution is -0.149. The van der Waals surface area contributed by atoms with Gasteiger partial charge in [-0.15, -0.1) is 0 Å². The predicted molar refractivity (Wildman–Crippen MR) is 106 cm³/mol. The number of benzene rings is 1. The number of phenols is 2. The van der Waals surface area contributed by atoms with Crippen molar-refractivity contribution < 1.29 is 24.2 Å². The number of carbonyl (C=O) groups excluding carboxylic acids is 2. The SMILES string of the molecule is CSCC1NC(=O)C(Cc2ccc(O)c(O)c2)N(Cc2cc(C)c(C)o2)C1=O. The molecule has 0 spiro atoms. The number of phenolic OH excluding ortho intramolecular Hbond substituents is 2. The van der Waals surface area contributed by atoms with Crippen molar-refractivity contribution in [1.82, 2.24) is 10.2 Å². The van der Waals surface area contributed by atoms with Crippen LogP contribution < -0.4 is 5.32 Å². The highest BCUT2D eigenvalue weighted by atomic mass is 32.2. The lowest BCUT2D eigenvalue weighted by Gasteiger charge is -2.38. The minimum absolute atomic E-state index is 0.159. The number of rotatable bonds is 6. The van der Waals surface area contributed by atoms with Crippen LogP contribution in [0.3, 0.4) is 0 Å². The van der Waals surface area contributed by atoms with E-state index in [0.29, 0.717) is 17.1 Å². The van der Waals surface area contributed by atoms with Crippen LogP contribution in [0.4, 0.5) is 0 Å². The fourth-order valence-corrected chi connectivity index (χ4v) is 3.87. The van der Waals surface area contributed by atoms with Gasteiger partial charge in [-0.3, -0.25) is 9.59 Å². The zero-order valence-corrected chi connectivity index (χ0v) is 16.9. The summed E-state index contributed by atoms with van der Waals surface area (Å²) < 4.78 is 5.73. The number of amides is 2. The first-order valence-electron chi connectivity index (χ1n) is 8.96. The van der Waals surface area contributed by atoms with Crippen molar-refractivity contribution >= 4 is 23.6 Å². The molecule has 7 nitrogen and oxygen atoms in total. The van der Waals surface area contributed by atoms with E-state index in [4.69, 9.17) is 4.42 Å². The van der Waals surface area contributed by atoms with Crippen molar-refractivity contribution in [2.45, 2.75) is 38.9 Å². The molecule has 0 bridgehead atoms. The van der Waals surface area contributed by atoms with E-state index in [9.17, 15) is 19.8 Å². The van der Waals surface area contributed by atoms with E-state index in [1.807, 2.05) is 26.2 Å². The van der Waals surface area contributed by atoms with Crippen LogP contribution in [-0.4, -0.2) is 51.0 Å². The smallest absolute Gasteiger partial charge is 0.247 e. The molecule has 1 aromatic carbocycles. The Morgan fingerprint density at radius 2 is 1.93 bits per heavy atom. The number of thioether (sulfide) groups is 1. The standard InChI is InChI=1S/C20H24N2O5S/c1-11-6-14(27-12(11)2)9-22-16(7-13-4-5-17(23)18(24)8-13)19(25)21-15(10-28-3)20(22)26/h4-6,8,15-16,23-24H,7,9-10H2,1-3H3,(H,21,25). The summed E-state index contributed by atoms with van der Waals surface area (Å²) in [4.78, 5) is 27.4. The largest absolute Gasteiger partial charge is 0.504 e. The van der Waals surface area contributed by atoms with Crippen LogP contribution in [0.15, 0.2) is 28.7 Å². The first kappa shape index (κ1) is 20.1. The van der Waals surface area contributed by atoms with E-state index in [1.165, 1.54) is 23.9 Å². The summed E-state index contributed by atoms with van der Waals surface area (Å²) in [5, 5.41) is 22.1. The highest BCUT2D eigenvalue weighted by Crippen LogP contribution is 2.27. The lowest BCUT2D eigenvalue weighted by Crippen LogP contribution is -2.64. The second kappa shape index (κ2) is 8.18. The molecule has 150 valence electrons. The first-order valence-corrected chi connectivity index (χ1v) is 10.4. The molecule has 1 aromatic heterocycles. The molecule has 0 aliphatic carbocycles. The van der Waals surface area contributed by atoms with Crippen molar-refractivity contribution in [3.63, 3.8) is 0 Å². The monoisotopic (exact) mass is 404 g/mol. The van der Waals surface area contributed by atoms with Crippen LogP contribution in [0.25, 0.3) is 0 Å². The number of hydrogen-bond acceptors (Lipinski definition) is 6. The molecular formula is C20H24N2O5S. The topological polar surface area (TPSA) is 103 Å². The third-order valence-electron chi connectivity index (χ3n) is 4.92. The number of nitrogens with one attached hydrogen (secondary N) is 1. The summed E-state index contributed by atoms with van der Waals surface area (Å²) in [5.41, 5.74) is 1.63. The zero-order chi connectivity index (χ0) is 20.4. The Morgan fingerprint density at radius 3 is 2.54 bits per heavy atom. The molecule has 8 heteroatoms. The fraction of sp³-hybridized carbons (Fsp3) is 0.400. The summed E-state index contributed by atoms with van der Waals surface area (Å²) in [5.74, 6) is 1.00. The van der Waals surface area contributed by atoms with Gasteiger partial charge in [0.15, 0.2) is 11.5 Å². The van der Waals surface area contributed by atoms with E-state index in [-0.39, 0.29) is 36.3 Å². The van der Waals surface area contributed by atoms with Crippen LogP contribution in [0, 0.1) is 13.8 Å². The molecule has 1 aliphatic rings. The van der Waals surface area contributed by atoms with Crippen molar-refractivity contribution in [3.05, 3.63) is 46.9 Å². The van der Waals surface area contributed by atoms with Gasteiger partial charge in [-0.1, -0.05) is 6.07 Å². The van der Waals surface area contributed by atoms with Gasteiger partial charge in [0.05, 0.1) is 6.54 Å². The maximum atomic E-state index is 13.0. The van der Waals surface area contributed by atoms with Crippen molar-refractivity contribution in [2.24, 2.45) is 0 Å². The van der Waals surface area contributed by atoms with Crippen LogP contribution in [0.2, 0.25) is 0 Å². The molecule has 28 heavy (non-hydrogen) atoms. The Kier molecular flexibility index (Phi) is 5.88. The average molecular weight is 404 g/mol. The molecule has 3 N–H and O–H groups in total. The summed E-state index contributed by atoms with van der Waals surface area (Å²) in [6.45, 7) is 3.98. The summed E-state index contributed by atoms with van der Waals surface area (Å²) in [7, 11) is 0. The summed E-state index contributed by atoms with van der Waals surface area (Å²) in [6.07, 6.45) is 2.10. The third-order valence-corrected chi connectivity index (χ3v) is 5.59. The predicted octanol–water partition coefficient (Wildman–Crippen LogP) is 2.11. The van der Waals surface area contributed by atoms with Gasteiger partial charge in [-0.25, -0.2) is 0 Å². The minimum atomic E-state index is -0.736. The molecule has 2 aromatic rings. The van der Waals surface area contributed by atoms with Crippen molar-refractivity contribution in [3.8, 4) is 11.5 Å². The Balaban J connectivity index is 1.90. The highest BCUT2D eigenvalue weighted by molar-refractivity contribution is 7.98. The normalized spacial score (nSPS) is 19.8. The quantitative estimate of drug-likeness (QED) is 0.637. The van der Waals surface area contributed by atoms with Crippen molar-refractivity contribution in [2.75, 3.05) is 12.0 Å². The van der Waals surface area contributed by atoms with E-state index in [0.717, 1.165) is 11.3 Å². The molecule has 3 rings (SSSR count). The van der Waals surface area contributed by atoms with E-state index >= 15 is 0 Å². The molecule has 2 unspecified atom stereocenters. The number of aryl methyl sites for hydroxylation is 2. The van der Waals surface area contributed by atoms with Crippen LogP contribution in [0.1, 0.15) is 22.6 Å². The van der Waals surface area contributed by atoms with Gasteiger partial charge in [0, 0.05) is 12.2 Å². The minimum Gasteiger partial charge on any atom is -0.504 e. The molecular weight excluding hydrogens is 380 g/mol. The van der Waals surface area contributed by atoms with Gasteiger partial charge in [0.2, 0.25) is 11.8 Å². The number of nitrogens with zero attached hydrogens (tertiary/aromatic N) is 1. The van der Waals surface area contributed by atoms with Gasteiger partial charge < -0.3 is 24.8 Å². The average Bonchev–Trinajstić information content (AvgIpc) is 2.96. The van der Waals surface area contributed by atoms with Gasteiger partial charge in [0.25, 0.3) is 0 Å². The molecule has 1 fully saturated rings.